The molecule has 6 rings (SSSR count). The van der Waals surface area contributed by atoms with E-state index in [2.05, 4.69) is 29.9 Å². The van der Waals surface area contributed by atoms with Crippen LogP contribution in [0.15, 0.2) is 30.3 Å². The Morgan fingerprint density at radius 3 is 2.18 bits per heavy atom. The largest absolute Gasteiger partial charge is 0.478 e. The minimum absolute atomic E-state index is 0.0984. The van der Waals surface area contributed by atoms with Crippen LogP contribution in [0.1, 0.15) is 52.5 Å². The molecule has 1 amide bonds. The summed E-state index contributed by atoms with van der Waals surface area (Å²) in [4.78, 5) is 64.0. The summed E-state index contributed by atoms with van der Waals surface area (Å²) < 4.78 is 7.07. The number of primary amides is 1. The molecule has 3 N–H and O–H groups in total. The highest BCUT2D eigenvalue weighted by Crippen LogP contribution is 2.34. The van der Waals surface area contributed by atoms with Gasteiger partial charge in [-0.25, -0.2) is 39.5 Å². The molecule has 0 aliphatic carbocycles. The molecule has 0 saturated carbocycles. The van der Waals surface area contributed by atoms with E-state index < -0.39 is 17.8 Å². The number of amides is 1. The lowest BCUT2D eigenvalue weighted by Crippen LogP contribution is -2.13. The monoisotopic (exact) mass is 577 g/mol. The summed E-state index contributed by atoms with van der Waals surface area (Å²) >= 11 is 3.87. The number of nitrogens with zero attached hydrogens (tertiary/aromatic N) is 6. The molecule has 6 aromatic rings. The van der Waals surface area contributed by atoms with E-state index in [0.717, 1.165) is 0 Å². The molecule has 39 heavy (non-hydrogen) atoms. The number of carbonyl (C=O) groups is 3. The van der Waals surface area contributed by atoms with Crippen LogP contribution < -0.4 is 5.73 Å². The van der Waals surface area contributed by atoms with Crippen LogP contribution in [0.2, 0.25) is 0 Å². The van der Waals surface area contributed by atoms with E-state index in [9.17, 15) is 19.5 Å². The van der Waals surface area contributed by atoms with Gasteiger partial charge in [-0.2, -0.15) is 0 Å². The molecule has 194 valence electrons. The normalized spacial score (nSPS) is 11.4. The number of hydrogen-bond acceptors (Lipinski definition) is 13. The Balaban J connectivity index is 1.41. The number of hydrogen-bond donors (Lipinski definition) is 2. The van der Waals surface area contributed by atoms with Crippen LogP contribution >= 0.6 is 34.0 Å². The zero-order valence-electron chi connectivity index (χ0n) is 19.9. The molecule has 0 fully saturated rings. The summed E-state index contributed by atoms with van der Waals surface area (Å²) in [5, 5.41) is 11.0. The van der Waals surface area contributed by atoms with Crippen LogP contribution in [-0.2, 0) is 17.6 Å². The number of aromatic nitrogens is 6. The van der Waals surface area contributed by atoms with Gasteiger partial charge < -0.3 is 15.6 Å². The fraction of sp³-hybridized carbons (Fsp3) is 0.125. The van der Waals surface area contributed by atoms with E-state index in [1.165, 1.54) is 52.8 Å². The zero-order valence-corrected chi connectivity index (χ0v) is 22.3. The van der Waals surface area contributed by atoms with E-state index in [0.29, 0.717) is 57.6 Å². The standard InChI is InChI=1S/C24H15N7O5S3/c1-36-24(35)18-11(3-15-27-5-12-19(30-15)9(7-37-12)23(33)34)39-14-6-28-16(31-21(14)18)2-10-17(22(25)32)20-13(38-10)4-26-8-29-20/h4-8H,2-3H2,1H3,(H2,25,32)(H,33,34). The summed E-state index contributed by atoms with van der Waals surface area (Å²) in [5.74, 6) is -1.54. The predicted molar refractivity (Wildman–Crippen MR) is 145 cm³/mol. The highest BCUT2D eigenvalue weighted by Gasteiger charge is 2.25. The number of nitrogens with two attached hydrogens (primary N) is 1. The summed E-state index contributed by atoms with van der Waals surface area (Å²) in [6, 6.07) is 0. The second-order valence-corrected chi connectivity index (χ2v) is 11.4. The Bertz CT molecular complexity index is 1960. The van der Waals surface area contributed by atoms with Gasteiger partial charge in [0, 0.05) is 46.6 Å². The van der Waals surface area contributed by atoms with Crippen molar-refractivity contribution in [2.45, 2.75) is 12.8 Å². The van der Waals surface area contributed by atoms with Crippen molar-refractivity contribution in [3.05, 3.63) is 68.4 Å². The van der Waals surface area contributed by atoms with Crippen LogP contribution in [0.4, 0.5) is 0 Å². The molecule has 0 atom stereocenters. The molecule has 0 aliphatic rings. The molecular weight excluding hydrogens is 563 g/mol. The summed E-state index contributed by atoms with van der Waals surface area (Å²) in [5.41, 5.74) is 7.51. The lowest BCUT2D eigenvalue weighted by molar-refractivity contribution is 0.0601. The van der Waals surface area contributed by atoms with Crippen molar-refractivity contribution in [3.63, 3.8) is 0 Å². The van der Waals surface area contributed by atoms with Crippen molar-refractivity contribution in [1.29, 1.82) is 0 Å². The van der Waals surface area contributed by atoms with Crippen LogP contribution in [0, 0.1) is 0 Å². The number of methoxy groups -OCH3 is 1. The van der Waals surface area contributed by atoms with Crippen LogP contribution in [0.3, 0.4) is 0 Å². The molecule has 0 aromatic carbocycles. The van der Waals surface area contributed by atoms with Crippen molar-refractivity contribution >= 4 is 82.5 Å². The fourth-order valence-corrected chi connectivity index (χ4v) is 7.23. The van der Waals surface area contributed by atoms with Gasteiger partial charge in [0.15, 0.2) is 0 Å². The van der Waals surface area contributed by atoms with Gasteiger partial charge >= 0.3 is 11.9 Å². The Morgan fingerprint density at radius 1 is 0.872 bits per heavy atom. The van der Waals surface area contributed by atoms with E-state index >= 15 is 0 Å². The Morgan fingerprint density at radius 2 is 1.51 bits per heavy atom. The summed E-state index contributed by atoms with van der Waals surface area (Å²) in [7, 11) is 1.28. The zero-order chi connectivity index (χ0) is 27.3. The number of thiophene rings is 3. The smallest absolute Gasteiger partial charge is 0.341 e. The van der Waals surface area contributed by atoms with Gasteiger partial charge in [0.2, 0.25) is 0 Å². The van der Waals surface area contributed by atoms with Gasteiger partial charge in [-0.05, 0) is 0 Å². The maximum atomic E-state index is 12.9. The molecule has 6 aromatic heterocycles. The number of carbonyl (C=O) groups excluding carboxylic acids is 2. The molecule has 6 heterocycles. The molecule has 15 heteroatoms. The van der Waals surface area contributed by atoms with Gasteiger partial charge in [0.05, 0.1) is 48.9 Å². The third kappa shape index (κ3) is 4.35. The minimum Gasteiger partial charge on any atom is -0.478 e. The molecular formula is C24H15N7O5S3. The lowest BCUT2D eigenvalue weighted by atomic mass is 10.1. The van der Waals surface area contributed by atoms with Crippen molar-refractivity contribution in [2.75, 3.05) is 7.11 Å². The maximum absolute atomic E-state index is 12.9. The van der Waals surface area contributed by atoms with Crippen molar-refractivity contribution in [3.8, 4) is 0 Å². The van der Waals surface area contributed by atoms with E-state index in [-0.39, 0.29) is 24.0 Å². The van der Waals surface area contributed by atoms with Crippen molar-refractivity contribution < 1.29 is 24.2 Å². The molecule has 0 radical (unpaired) electrons. The number of rotatable bonds is 7. The average molecular weight is 578 g/mol. The van der Waals surface area contributed by atoms with Gasteiger partial charge in [0.1, 0.15) is 23.5 Å². The Labute approximate surface area is 230 Å². The average Bonchev–Trinajstić information content (AvgIpc) is 3.60. The van der Waals surface area contributed by atoms with Crippen LogP contribution in [0.5, 0.6) is 0 Å². The first-order valence-corrected chi connectivity index (χ1v) is 13.7. The first kappa shape index (κ1) is 24.8. The first-order valence-electron chi connectivity index (χ1n) is 11.2. The van der Waals surface area contributed by atoms with Gasteiger partial charge in [-0.3, -0.25) is 4.79 Å². The number of carboxylic acid groups (broad SMARTS) is 1. The highest BCUT2D eigenvalue weighted by molar-refractivity contribution is 7.20. The quantitative estimate of drug-likeness (QED) is 0.265. The van der Waals surface area contributed by atoms with Crippen molar-refractivity contribution in [2.24, 2.45) is 5.73 Å². The molecule has 0 unspecified atom stereocenters. The first-order chi connectivity index (χ1) is 18.8. The summed E-state index contributed by atoms with van der Waals surface area (Å²) in [6.45, 7) is 0. The lowest BCUT2D eigenvalue weighted by Gasteiger charge is -2.04. The third-order valence-corrected chi connectivity index (χ3v) is 8.98. The number of carboxylic acids is 1. The SMILES string of the molecule is COC(=O)c1c(Cc2ncc3scc(C(=O)O)c3n2)sc2cnc(Cc3sc4cncnc4c3C(N)=O)nc12. The number of esters is 1. The number of aromatic carboxylic acids is 1. The van der Waals surface area contributed by atoms with E-state index in [1.807, 2.05) is 0 Å². The molecule has 0 bridgehead atoms. The topological polar surface area (TPSA) is 184 Å². The number of fused-ring (bicyclic) bond motifs is 3. The van der Waals surface area contributed by atoms with Crippen LogP contribution in [0.25, 0.3) is 30.6 Å². The van der Waals surface area contributed by atoms with Crippen molar-refractivity contribution in [1.82, 2.24) is 29.9 Å². The van der Waals surface area contributed by atoms with Gasteiger partial charge in [0.25, 0.3) is 5.91 Å². The number of ether oxygens (including phenoxy) is 1. The Hall–Kier alpha value is -4.47. The fourth-order valence-electron chi connectivity index (χ4n) is 4.16. The third-order valence-electron chi connectivity index (χ3n) is 5.85. The van der Waals surface area contributed by atoms with Gasteiger partial charge in [-0.1, -0.05) is 0 Å². The molecule has 0 aliphatic heterocycles. The molecule has 12 nitrogen and oxygen atoms in total. The van der Waals surface area contributed by atoms with E-state index in [4.69, 9.17) is 10.5 Å². The van der Waals surface area contributed by atoms with E-state index in [1.54, 1.807) is 18.6 Å². The highest BCUT2D eigenvalue weighted by atomic mass is 32.1. The molecule has 0 saturated heterocycles. The summed E-state index contributed by atoms with van der Waals surface area (Å²) in [6.07, 6.45) is 6.50. The minimum atomic E-state index is -1.07. The van der Waals surface area contributed by atoms with Gasteiger partial charge in [-0.15, -0.1) is 34.0 Å². The Kier molecular flexibility index (Phi) is 6.17. The second-order valence-electron chi connectivity index (χ2n) is 8.20. The maximum Gasteiger partial charge on any atom is 0.341 e. The predicted octanol–water partition coefficient (Wildman–Crippen LogP) is 3.47. The van der Waals surface area contributed by atoms with Crippen LogP contribution in [-0.4, -0.2) is 60.0 Å². The molecule has 0 spiro atoms. The second kappa shape index (κ2) is 9.68.